The Hall–Kier alpha value is -3.24. The van der Waals surface area contributed by atoms with Gasteiger partial charge in [0.1, 0.15) is 0 Å². The van der Waals surface area contributed by atoms with E-state index in [1.54, 1.807) is 7.05 Å². The Morgan fingerprint density at radius 3 is 2.37 bits per heavy atom. The van der Waals surface area contributed by atoms with Crippen molar-refractivity contribution in [3.63, 3.8) is 0 Å². The van der Waals surface area contributed by atoms with Crippen molar-refractivity contribution in [2.24, 2.45) is 4.99 Å². The SMILES string of the molecule is CN=C(c1ccccc1)c1ccccc1NC(=O)C1CCCN1Cc1ccccc1. The first-order valence-corrected chi connectivity index (χ1v) is 10.5. The molecule has 1 amide bonds. The van der Waals surface area contributed by atoms with Gasteiger partial charge in [-0.05, 0) is 31.0 Å². The van der Waals surface area contributed by atoms with Crippen LogP contribution in [0, 0.1) is 0 Å². The van der Waals surface area contributed by atoms with Gasteiger partial charge in [0.05, 0.1) is 17.4 Å². The summed E-state index contributed by atoms with van der Waals surface area (Å²) in [5.41, 5.74) is 4.89. The molecule has 152 valence electrons. The van der Waals surface area contributed by atoms with Crippen molar-refractivity contribution in [1.82, 2.24) is 4.90 Å². The molecule has 1 saturated heterocycles. The van der Waals surface area contributed by atoms with E-state index in [2.05, 4.69) is 27.3 Å². The molecule has 1 atom stereocenters. The number of nitrogens with zero attached hydrogens (tertiary/aromatic N) is 2. The lowest BCUT2D eigenvalue weighted by Crippen LogP contribution is -2.39. The predicted molar refractivity (Wildman–Crippen MR) is 123 cm³/mol. The van der Waals surface area contributed by atoms with E-state index < -0.39 is 0 Å². The first-order valence-electron chi connectivity index (χ1n) is 10.5. The Morgan fingerprint density at radius 1 is 0.967 bits per heavy atom. The Morgan fingerprint density at radius 2 is 1.63 bits per heavy atom. The van der Waals surface area contributed by atoms with Crippen LogP contribution in [0.2, 0.25) is 0 Å². The third-order valence-electron chi connectivity index (χ3n) is 5.61. The number of anilines is 1. The van der Waals surface area contributed by atoms with Gasteiger partial charge in [0, 0.05) is 24.7 Å². The summed E-state index contributed by atoms with van der Waals surface area (Å²) >= 11 is 0. The molecule has 4 heteroatoms. The fourth-order valence-electron chi connectivity index (χ4n) is 4.15. The molecule has 0 aliphatic carbocycles. The van der Waals surface area contributed by atoms with E-state index >= 15 is 0 Å². The Kier molecular flexibility index (Phi) is 6.35. The number of hydrogen-bond acceptors (Lipinski definition) is 3. The van der Waals surface area contributed by atoms with Crippen molar-refractivity contribution >= 4 is 17.3 Å². The highest BCUT2D eigenvalue weighted by molar-refractivity contribution is 6.17. The molecule has 30 heavy (non-hydrogen) atoms. The van der Waals surface area contributed by atoms with Crippen LogP contribution in [0.4, 0.5) is 5.69 Å². The zero-order valence-corrected chi connectivity index (χ0v) is 17.3. The zero-order valence-electron chi connectivity index (χ0n) is 17.3. The second kappa shape index (κ2) is 9.51. The summed E-state index contributed by atoms with van der Waals surface area (Å²) in [5.74, 6) is 0.0550. The molecular weight excluding hydrogens is 370 g/mol. The van der Waals surface area contributed by atoms with E-state index in [-0.39, 0.29) is 11.9 Å². The van der Waals surface area contributed by atoms with Crippen LogP contribution >= 0.6 is 0 Å². The van der Waals surface area contributed by atoms with Crippen LogP contribution in [0.3, 0.4) is 0 Å². The van der Waals surface area contributed by atoms with Gasteiger partial charge in [-0.15, -0.1) is 0 Å². The lowest BCUT2D eigenvalue weighted by atomic mass is 10.00. The predicted octanol–water partition coefficient (Wildman–Crippen LogP) is 4.76. The van der Waals surface area contributed by atoms with Gasteiger partial charge in [0.25, 0.3) is 0 Å². The molecule has 0 radical (unpaired) electrons. The molecule has 0 aromatic heterocycles. The van der Waals surface area contributed by atoms with Gasteiger partial charge in [-0.25, -0.2) is 0 Å². The van der Waals surface area contributed by atoms with Gasteiger partial charge >= 0.3 is 0 Å². The highest BCUT2D eigenvalue weighted by Gasteiger charge is 2.31. The van der Waals surface area contributed by atoms with Gasteiger partial charge in [-0.1, -0.05) is 78.9 Å². The van der Waals surface area contributed by atoms with Crippen LogP contribution in [0.5, 0.6) is 0 Å². The van der Waals surface area contributed by atoms with Gasteiger partial charge < -0.3 is 5.32 Å². The van der Waals surface area contributed by atoms with Gasteiger partial charge in [0.2, 0.25) is 5.91 Å². The van der Waals surface area contributed by atoms with E-state index in [0.29, 0.717) is 0 Å². The standard InChI is InChI=1S/C26H27N3O/c1-27-25(21-13-6-3-7-14-21)22-15-8-9-16-23(22)28-26(30)24-17-10-18-29(24)19-20-11-4-2-5-12-20/h2-9,11-16,24H,10,17-19H2,1H3,(H,28,30). The van der Waals surface area contributed by atoms with Crippen LogP contribution < -0.4 is 5.32 Å². The summed E-state index contributed by atoms with van der Waals surface area (Å²) in [4.78, 5) is 20.0. The molecule has 0 spiro atoms. The summed E-state index contributed by atoms with van der Waals surface area (Å²) in [6.07, 6.45) is 1.92. The van der Waals surface area contributed by atoms with Crippen molar-refractivity contribution in [3.8, 4) is 0 Å². The summed E-state index contributed by atoms with van der Waals surface area (Å²) in [5, 5.41) is 3.19. The van der Waals surface area contributed by atoms with E-state index in [4.69, 9.17) is 0 Å². The number of likely N-dealkylation sites (tertiary alicyclic amines) is 1. The Bertz CT molecular complexity index is 1010. The largest absolute Gasteiger partial charge is 0.324 e. The second-order valence-corrected chi connectivity index (χ2v) is 7.59. The van der Waals surface area contributed by atoms with Crippen molar-refractivity contribution in [3.05, 3.63) is 102 Å². The summed E-state index contributed by atoms with van der Waals surface area (Å²) in [7, 11) is 1.79. The normalized spacial score (nSPS) is 17.1. The molecular formula is C26H27N3O. The number of aliphatic imine (C=N–C) groups is 1. The molecule has 4 rings (SSSR count). The molecule has 1 N–H and O–H groups in total. The molecule has 1 fully saturated rings. The molecule has 1 aliphatic heterocycles. The van der Waals surface area contributed by atoms with Crippen LogP contribution in [-0.2, 0) is 11.3 Å². The summed E-state index contributed by atoms with van der Waals surface area (Å²) in [6, 6.07) is 28.2. The van der Waals surface area contributed by atoms with Crippen LogP contribution in [0.1, 0.15) is 29.5 Å². The maximum absolute atomic E-state index is 13.2. The fraction of sp³-hybridized carbons (Fsp3) is 0.231. The lowest BCUT2D eigenvalue weighted by Gasteiger charge is -2.24. The number of carbonyl (C=O) groups excluding carboxylic acids is 1. The lowest BCUT2D eigenvalue weighted by molar-refractivity contribution is -0.120. The minimum Gasteiger partial charge on any atom is -0.324 e. The highest BCUT2D eigenvalue weighted by Crippen LogP contribution is 2.24. The molecule has 1 aliphatic rings. The topological polar surface area (TPSA) is 44.7 Å². The number of amides is 1. The molecule has 1 unspecified atom stereocenters. The van der Waals surface area contributed by atoms with Gasteiger partial charge in [-0.3, -0.25) is 14.7 Å². The third kappa shape index (κ3) is 4.50. The number of nitrogens with one attached hydrogen (secondary N) is 1. The van der Waals surface area contributed by atoms with Crippen LogP contribution in [-0.4, -0.2) is 36.2 Å². The van der Waals surface area contributed by atoms with Crippen molar-refractivity contribution in [2.75, 3.05) is 18.9 Å². The van der Waals surface area contributed by atoms with E-state index in [9.17, 15) is 4.79 Å². The number of carbonyl (C=O) groups is 1. The molecule has 1 heterocycles. The maximum Gasteiger partial charge on any atom is 0.241 e. The maximum atomic E-state index is 13.2. The van der Waals surface area contributed by atoms with Crippen molar-refractivity contribution in [2.45, 2.75) is 25.4 Å². The van der Waals surface area contributed by atoms with Gasteiger partial charge in [-0.2, -0.15) is 0 Å². The minimum absolute atomic E-state index is 0.0550. The Balaban J connectivity index is 1.54. The first-order chi connectivity index (χ1) is 14.8. The second-order valence-electron chi connectivity index (χ2n) is 7.59. The number of benzene rings is 3. The number of para-hydroxylation sites is 1. The van der Waals surface area contributed by atoms with Crippen LogP contribution in [0.25, 0.3) is 0 Å². The van der Waals surface area contributed by atoms with Gasteiger partial charge in [0.15, 0.2) is 0 Å². The first kappa shape index (κ1) is 20.0. The molecule has 0 bridgehead atoms. The fourth-order valence-corrected chi connectivity index (χ4v) is 4.15. The number of hydrogen-bond donors (Lipinski definition) is 1. The third-order valence-corrected chi connectivity index (χ3v) is 5.61. The molecule has 3 aromatic rings. The monoisotopic (exact) mass is 397 g/mol. The van der Waals surface area contributed by atoms with Crippen LogP contribution in [0.15, 0.2) is 89.9 Å². The molecule has 3 aromatic carbocycles. The molecule has 0 saturated carbocycles. The van der Waals surface area contributed by atoms with Crippen molar-refractivity contribution in [1.29, 1.82) is 0 Å². The zero-order chi connectivity index (χ0) is 20.8. The highest BCUT2D eigenvalue weighted by atomic mass is 16.2. The van der Waals surface area contributed by atoms with E-state index in [1.807, 2.05) is 72.8 Å². The quantitative estimate of drug-likeness (QED) is 0.610. The summed E-state index contributed by atoms with van der Waals surface area (Å²) < 4.78 is 0. The van der Waals surface area contributed by atoms with E-state index in [1.165, 1.54) is 5.56 Å². The van der Waals surface area contributed by atoms with Crippen molar-refractivity contribution < 1.29 is 4.79 Å². The van der Waals surface area contributed by atoms with E-state index in [0.717, 1.165) is 48.5 Å². The summed E-state index contributed by atoms with van der Waals surface area (Å²) in [6.45, 7) is 1.74. The molecule has 4 nitrogen and oxygen atoms in total. The number of rotatable bonds is 6. The average Bonchev–Trinajstić information content (AvgIpc) is 3.25. The average molecular weight is 398 g/mol. The smallest absolute Gasteiger partial charge is 0.241 e. The minimum atomic E-state index is -0.114. The Labute approximate surface area is 178 Å².